The van der Waals surface area contributed by atoms with E-state index in [1.807, 2.05) is 30.5 Å². The number of anilines is 2. The van der Waals surface area contributed by atoms with Crippen LogP contribution >= 0.6 is 15.9 Å². The van der Waals surface area contributed by atoms with Gasteiger partial charge >= 0.3 is 0 Å². The number of aliphatic hydroxyl groups is 1. The van der Waals surface area contributed by atoms with E-state index >= 15 is 0 Å². The molecule has 2 aromatic heterocycles. The zero-order chi connectivity index (χ0) is 19.5. The van der Waals surface area contributed by atoms with Crippen LogP contribution in [-0.4, -0.2) is 50.2 Å². The van der Waals surface area contributed by atoms with Gasteiger partial charge in [-0.3, -0.25) is 4.90 Å². The van der Waals surface area contributed by atoms with E-state index in [1.165, 1.54) is 6.33 Å². The van der Waals surface area contributed by atoms with Crippen molar-refractivity contribution in [2.75, 3.05) is 18.4 Å². The first kappa shape index (κ1) is 18.7. The minimum Gasteiger partial charge on any atom is -0.391 e. The highest BCUT2D eigenvalue weighted by Crippen LogP contribution is 2.29. The van der Waals surface area contributed by atoms with Crippen molar-refractivity contribution >= 4 is 38.5 Å². The Hall–Kier alpha value is -2.65. The van der Waals surface area contributed by atoms with Gasteiger partial charge in [-0.2, -0.15) is 0 Å². The number of aliphatic hydroxyl groups excluding tert-OH is 1. The van der Waals surface area contributed by atoms with Gasteiger partial charge in [0.15, 0.2) is 0 Å². The van der Waals surface area contributed by atoms with Crippen molar-refractivity contribution < 1.29 is 5.11 Å². The first-order valence-corrected chi connectivity index (χ1v) is 9.71. The molecule has 0 radical (unpaired) electrons. The predicted octanol–water partition coefficient (Wildman–Crippen LogP) is 3.71. The average Bonchev–Trinajstić information content (AvgIpc) is 3.08. The number of likely N-dealkylation sites (tertiary alicyclic amines) is 1. The third kappa shape index (κ3) is 3.95. The third-order valence-electron chi connectivity index (χ3n) is 4.86. The number of aromatic amines is 1. The summed E-state index contributed by atoms with van der Waals surface area (Å²) in [6, 6.07) is 7.52. The molecular weight excluding hydrogens is 424 g/mol. The summed E-state index contributed by atoms with van der Waals surface area (Å²) in [6.45, 7) is 1.84. The van der Waals surface area contributed by atoms with Gasteiger partial charge in [0.1, 0.15) is 17.8 Å². The maximum atomic E-state index is 10.2. The van der Waals surface area contributed by atoms with Crippen molar-refractivity contribution in [3.05, 3.63) is 57.3 Å². The molecule has 1 saturated heterocycles. The highest BCUT2D eigenvalue weighted by atomic mass is 79.9. The lowest BCUT2D eigenvalue weighted by Crippen LogP contribution is -2.45. The molecule has 0 amide bonds. The van der Waals surface area contributed by atoms with E-state index in [0.717, 1.165) is 39.1 Å². The van der Waals surface area contributed by atoms with Crippen LogP contribution in [0.2, 0.25) is 0 Å². The summed E-state index contributed by atoms with van der Waals surface area (Å²) in [5, 5.41) is 18.2. The van der Waals surface area contributed by atoms with E-state index in [-0.39, 0.29) is 6.04 Å². The van der Waals surface area contributed by atoms with Gasteiger partial charge in [0, 0.05) is 34.4 Å². The van der Waals surface area contributed by atoms with Gasteiger partial charge in [0.05, 0.1) is 17.5 Å². The Kier molecular flexibility index (Phi) is 5.45. The van der Waals surface area contributed by atoms with Crippen LogP contribution in [0.25, 0.3) is 21.5 Å². The average molecular weight is 443 g/mol. The molecule has 0 spiro atoms. The van der Waals surface area contributed by atoms with Crippen LogP contribution in [0.1, 0.15) is 12.0 Å². The molecule has 9 nitrogen and oxygen atoms in total. The van der Waals surface area contributed by atoms with Gasteiger partial charge in [0.2, 0.25) is 0 Å². The topological polar surface area (TPSA) is 126 Å². The molecule has 2 atom stereocenters. The lowest BCUT2D eigenvalue weighted by Gasteiger charge is -2.33. The highest BCUT2D eigenvalue weighted by Gasteiger charge is 2.27. The summed E-state index contributed by atoms with van der Waals surface area (Å²) in [5.41, 5.74) is 11.3. The molecule has 0 saturated carbocycles. The molecule has 0 aliphatic carbocycles. The number of benzene rings is 1. The zero-order valence-electron chi connectivity index (χ0n) is 15.0. The van der Waals surface area contributed by atoms with Crippen molar-refractivity contribution in [2.45, 2.75) is 25.1 Å². The summed E-state index contributed by atoms with van der Waals surface area (Å²) < 4.78 is 0.981. The first-order valence-electron chi connectivity index (χ1n) is 8.92. The second-order valence-corrected chi connectivity index (χ2v) is 7.67. The van der Waals surface area contributed by atoms with Crippen LogP contribution < -0.4 is 5.32 Å². The van der Waals surface area contributed by atoms with Crippen molar-refractivity contribution in [3.8, 4) is 0 Å². The Morgan fingerprint density at radius 3 is 3.11 bits per heavy atom. The second-order valence-electron chi connectivity index (χ2n) is 6.76. The lowest BCUT2D eigenvalue weighted by molar-refractivity contribution is 0.0503. The summed E-state index contributed by atoms with van der Waals surface area (Å²) >= 11 is 3.48. The van der Waals surface area contributed by atoms with Crippen LogP contribution in [0.3, 0.4) is 0 Å². The van der Waals surface area contributed by atoms with Gasteiger partial charge in [-0.15, -0.1) is 0 Å². The van der Waals surface area contributed by atoms with E-state index < -0.39 is 6.10 Å². The van der Waals surface area contributed by atoms with Gasteiger partial charge in [-0.1, -0.05) is 27.1 Å². The number of β-amino-alcohol motifs (C(OH)–C–C–N with tert-alkyl or cyclic N) is 1. The molecule has 3 N–H and O–H groups in total. The molecule has 4 rings (SSSR count). The minimum absolute atomic E-state index is 0.360. The maximum Gasteiger partial charge on any atom is 0.143 e. The number of hydrogen-bond acceptors (Lipinski definition) is 6. The molecular formula is C18H19BrN8O. The Labute approximate surface area is 169 Å². The van der Waals surface area contributed by atoms with Crippen molar-refractivity contribution in [1.29, 1.82) is 0 Å². The Balaban J connectivity index is 1.58. The third-order valence-corrected chi connectivity index (χ3v) is 5.36. The van der Waals surface area contributed by atoms with E-state index in [9.17, 15) is 5.11 Å². The standard InChI is InChI=1S/C18H19BrN8O/c19-12-2-1-3-13(6-12)24-18-16-11(7-21-17(16)22-10-23-18)8-27-5-4-14(25-26-20)15(28)9-27/h1-3,6-7,10,14-15,28H,4-5,8-9H2,(H2,21,22,23,24). The lowest BCUT2D eigenvalue weighted by atomic mass is 10.0. The van der Waals surface area contributed by atoms with Crippen LogP contribution in [-0.2, 0) is 6.54 Å². The second kappa shape index (κ2) is 8.15. The SMILES string of the molecule is [N-]=[N+]=NC1CCN(Cc2c[nH]c3ncnc(Nc4cccc(Br)c4)c23)CC1O. The Morgan fingerprint density at radius 1 is 1.43 bits per heavy atom. The molecule has 144 valence electrons. The Bertz CT molecular complexity index is 1030. The van der Waals surface area contributed by atoms with Crippen molar-refractivity contribution in [2.24, 2.45) is 5.11 Å². The number of fused-ring (bicyclic) bond motifs is 1. The normalized spacial score (nSPS) is 20.1. The molecule has 1 aliphatic rings. The number of nitrogens with zero attached hydrogens (tertiary/aromatic N) is 6. The predicted molar refractivity (Wildman–Crippen MR) is 110 cm³/mol. The van der Waals surface area contributed by atoms with E-state index in [0.29, 0.717) is 19.5 Å². The fourth-order valence-corrected chi connectivity index (χ4v) is 3.92. The van der Waals surface area contributed by atoms with E-state index in [1.54, 1.807) is 0 Å². The molecule has 1 aliphatic heterocycles. The number of piperidine rings is 1. The number of hydrogen-bond donors (Lipinski definition) is 3. The molecule has 3 aromatic rings. The molecule has 10 heteroatoms. The molecule has 0 bridgehead atoms. The molecule has 1 fully saturated rings. The number of azide groups is 1. The monoisotopic (exact) mass is 442 g/mol. The number of halogens is 1. The minimum atomic E-state index is -0.662. The van der Waals surface area contributed by atoms with Crippen molar-refractivity contribution in [1.82, 2.24) is 19.9 Å². The quantitative estimate of drug-likeness (QED) is 0.315. The van der Waals surface area contributed by atoms with Crippen LogP contribution in [0.15, 0.2) is 46.4 Å². The van der Waals surface area contributed by atoms with E-state index in [2.05, 4.69) is 51.1 Å². The highest BCUT2D eigenvalue weighted by molar-refractivity contribution is 9.10. The molecule has 3 heterocycles. The largest absolute Gasteiger partial charge is 0.391 e. The van der Waals surface area contributed by atoms with Gasteiger partial charge < -0.3 is 15.4 Å². The summed E-state index contributed by atoms with van der Waals surface area (Å²) in [4.78, 5) is 16.9. The Morgan fingerprint density at radius 2 is 2.32 bits per heavy atom. The van der Waals surface area contributed by atoms with E-state index in [4.69, 9.17) is 5.53 Å². The summed E-state index contributed by atoms with van der Waals surface area (Å²) in [7, 11) is 0. The molecule has 2 unspecified atom stereocenters. The maximum absolute atomic E-state index is 10.2. The van der Waals surface area contributed by atoms with Crippen LogP contribution in [0.5, 0.6) is 0 Å². The van der Waals surface area contributed by atoms with Crippen LogP contribution in [0.4, 0.5) is 11.5 Å². The number of rotatable bonds is 5. The zero-order valence-corrected chi connectivity index (χ0v) is 16.5. The summed E-state index contributed by atoms with van der Waals surface area (Å²) in [6.07, 6.45) is 3.42. The van der Waals surface area contributed by atoms with Gasteiger partial charge in [-0.25, -0.2) is 9.97 Å². The number of H-pyrrole nitrogens is 1. The fraction of sp³-hybridized carbons (Fsp3) is 0.333. The first-order chi connectivity index (χ1) is 13.6. The van der Waals surface area contributed by atoms with Gasteiger partial charge in [-0.05, 0) is 42.3 Å². The van der Waals surface area contributed by atoms with Crippen LogP contribution in [0, 0.1) is 0 Å². The number of nitrogens with one attached hydrogen (secondary N) is 2. The number of aromatic nitrogens is 3. The smallest absolute Gasteiger partial charge is 0.143 e. The fourth-order valence-electron chi connectivity index (χ4n) is 3.52. The van der Waals surface area contributed by atoms with Gasteiger partial charge in [0.25, 0.3) is 0 Å². The summed E-state index contributed by atoms with van der Waals surface area (Å²) in [5.74, 6) is 0.726. The van der Waals surface area contributed by atoms with Crippen molar-refractivity contribution in [3.63, 3.8) is 0 Å². The molecule has 1 aromatic carbocycles. The molecule has 28 heavy (non-hydrogen) atoms.